The van der Waals surface area contributed by atoms with Crippen molar-refractivity contribution in [3.05, 3.63) is 0 Å². The van der Waals surface area contributed by atoms with Gasteiger partial charge in [0.15, 0.2) is 0 Å². The first-order valence-electron chi connectivity index (χ1n) is 6.82. The number of ether oxygens (including phenoxy) is 1. The Labute approximate surface area is 114 Å². The first-order chi connectivity index (χ1) is 9.04. The van der Waals surface area contributed by atoms with E-state index in [9.17, 15) is 9.59 Å². The van der Waals surface area contributed by atoms with Gasteiger partial charge < -0.3 is 20.7 Å². The maximum absolute atomic E-state index is 12.0. The summed E-state index contributed by atoms with van der Waals surface area (Å²) in [5.41, 5.74) is 0. The number of piperidine rings is 1. The molecule has 3 unspecified atom stereocenters. The van der Waals surface area contributed by atoms with Crippen LogP contribution in [0.4, 0.5) is 0 Å². The molecular formula is C13H25N3O3. The maximum atomic E-state index is 12.0. The molecule has 0 aromatic heterocycles. The van der Waals surface area contributed by atoms with Crippen LogP contribution in [0.15, 0.2) is 0 Å². The normalized spacial score (nSPS) is 24.6. The van der Waals surface area contributed by atoms with Crippen molar-refractivity contribution >= 4 is 11.8 Å². The summed E-state index contributed by atoms with van der Waals surface area (Å²) < 4.78 is 4.85. The summed E-state index contributed by atoms with van der Waals surface area (Å²) in [5.74, 6) is 0.226. The Morgan fingerprint density at radius 2 is 2.16 bits per heavy atom. The van der Waals surface area contributed by atoms with Crippen molar-refractivity contribution in [3.63, 3.8) is 0 Å². The molecule has 1 aliphatic heterocycles. The second-order valence-corrected chi connectivity index (χ2v) is 5.21. The standard InChI is InChI=1S/C13H25N3O3/c1-9-6-11(8-14-7-9)13(18)16-10(2)12(17)15-4-5-19-3/h9-11,14H,4-8H2,1-3H3,(H,15,17)(H,16,18). The number of hydrogen-bond acceptors (Lipinski definition) is 4. The zero-order valence-electron chi connectivity index (χ0n) is 12.0. The lowest BCUT2D eigenvalue weighted by Crippen LogP contribution is -2.50. The van der Waals surface area contributed by atoms with Gasteiger partial charge >= 0.3 is 0 Å². The van der Waals surface area contributed by atoms with Gasteiger partial charge in [0.05, 0.1) is 12.5 Å². The first kappa shape index (κ1) is 15.9. The predicted molar refractivity (Wildman–Crippen MR) is 72.6 cm³/mol. The van der Waals surface area contributed by atoms with Gasteiger partial charge in [-0.05, 0) is 25.8 Å². The molecule has 0 radical (unpaired) electrons. The molecule has 110 valence electrons. The van der Waals surface area contributed by atoms with Gasteiger partial charge in [0.2, 0.25) is 11.8 Å². The Hall–Kier alpha value is -1.14. The smallest absolute Gasteiger partial charge is 0.242 e. The average molecular weight is 271 g/mol. The minimum atomic E-state index is -0.512. The lowest BCUT2D eigenvalue weighted by atomic mass is 9.91. The first-order valence-corrected chi connectivity index (χ1v) is 6.82. The Bertz CT molecular complexity index is 310. The second kappa shape index (κ2) is 8.12. The third kappa shape index (κ3) is 5.57. The number of methoxy groups -OCH3 is 1. The molecule has 6 heteroatoms. The number of hydrogen-bond donors (Lipinski definition) is 3. The minimum absolute atomic E-state index is 0.0435. The van der Waals surface area contributed by atoms with Crippen molar-refractivity contribution in [2.45, 2.75) is 26.3 Å². The molecule has 1 heterocycles. The molecule has 0 saturated carbocycles. The summed E-state index contributed by atoms with van der Waals surface area (Å²) in [5, 5.41) is 8.70. The monoisotopic (exact) mass is 271 g/mol. The lowest BCUT2D eigenvalue weighted by Gasteiger charge is -2.27. The molecular weight excluding hydrogens is 246 g/mol. The quantitative estimate of drug-likeness (QED) is 0.569. The summed E-state index contributed by atoms with van der Waals surface area (Å²) in [4.78, 5) is 23.7. The molecule has 3 N–H and O–H groups in total. The summed E-state index contributed by atoms with van der Waals surface area (Å²) in [6.07, 6.45) is 0.872. The van der Waals surface area contributed by atoms with Crippen molar-refractivity contribution < 1.29 is 14.3 Å². The van der Waals surface area contributed by atoms with Crippen LogP contribution in [0.5, 0.6) is 0 Å². The number of rotatable bonds is 6. The highest BCUT2D eigenvalue weighted by Gasteiger charge is 2.26. The van der Waals surface area contributed by atoms with Gasteiger partial charge in [0, 0.05) is 20.2 Å². The van der Waals surface area contributed by atoms with Crippen molar-refractivity contribution in [1.82, 2.24) is 16.0 Å². The summed E-state index contributed by atoms with van der Waals surface area (Å²) in [7, 11) is 1.58. The van der Waals surface area contributed by atoms with Crippen LogP contribution in [0.1, 0.15) is 20.3 Å². The molecule has 0 spiro atoms. The largest absolute Gasteiger partial charge is 0.383 e. The van der Waals surface area contributed by atoms with Crippen molar-refractivity contribution in [2.24, 2.45) is 11.8 Å². The highest BCUT2D eigenvalue weighted by atomic mass is 16.5. The van der Waals surface area contributed by atoms with Gasteiger partial charge in [-0.3, -0.25) is 9.59 Å². The average Bonchev–Trinajstić information content (AvgIpc) is 2.38. The van der Waals surface area contributed by atoms with Gasteiger partial charge in [-0.2, -0.15) is 0 Å². The number of carbonyl (C=O) groups is 2. The highest BCUT2D eigenvalue weighted by Crippen LogP contribution is 2.15. The molecule has 1 rings (SSSR count). The van der Waals surface area contributed by atoms with E-state index in [1.807, 2.05) is 0 Å². The Balaban J connectivity index is 2.32. The fourth-order valence-electron chi connectivity index (χ4n) is 2.18. The van der Waals surface area contributed by atoms with E-state index in [0.29, 0.717) is 25.6 Å². The molecule has 6 nitrogen and oxygen atoms in total. The van der Waals surface area contributed by atoms with Crippen LogP contribution in [0.25, 0.3) is 0 Å². The molecule has 0 bridgehead atoms. The summed E-state index contributed by atoms with van der Waals surface area (Å²) >= 11 is 0. The van der Waals surface area contributed by atoms with E-state index in [2.05, 4.69) is 22.9 Å². The maximum Gasteiger partial charge on any atom is 0.242 e. The van der Waals surface area contributed by atoms with Crippen molar-refractivity contribution in [1.29, 1.82) is 0 Å². The van der Waals surface area contributed by atoms with E-state index in [0.717, 1.165) is 13.0 Å². The molecule has 1 aliphatic rings. The number of carbonyl (C=O) groups excluding carboxylic acids is 2. The molecule has 3 atom stereocenters. The van der Waals surface area contributed by atoms with Gasteiger partial charge in [-0.15, -0.1) is 0 Å². The van der Waals surface area contributed by atoms with Crippen LogP contribution in [0.3, 0.4) is 0 Å². The Morgan fingerprint density at radius 1 is 1.42 bits per heavy atom. The topological polar surface area (TPSA) is 79.5 Å². The fourth-order valence-corrected chi connectivity index (χ4v) is 2.18. The van der Waals surface area contributed by atoms with Crippen LogP contribution in [0.2, 0.25) is 0 Å². The molecule has 19 heavy (non-hydrogen) atoms. The van der Waals surface area contributed by atoms with E-state index < -0.39 is 6.04 Å². The predicted octanol–water partition coefficient (Wildman–Crippen LogP) is -0.501. The van der Waals surface area contributed by atoms with Gasteiger partial charge in [0.1, 0.15) is 6.04 Å². The van der Waals surface area contributed by atoms with Crippen LogP contribution >= 0.6 is 0 Å². The number of nitrogens with one attached hydrogen (secondary N) is 3. The van der Waals surface area contributed by atoms with E-state index in [1.54, 1.807) is 14.0 Å². The van der Waals surface area contributed by atoms with Gasteiger partial charge in [-0.1, -0.05) is 6.92 Å². The lowest BCUT2D eigenvalue weighted by molar-refractivity contribution is -0.131. The molecule has 0 aromatic rings. The summed E-state index contributed by atoms with van der Waals surface area (Å²) in [6.45, 7) is 6.38. The molecule has 0 aliphatic carbocycles. The van der Waals surface area contributed by atoms with E-state index in [-0.39, 0.29) is 17.7 Å². The van der Waals surface area contributed by atoms with E-state index >= 15 is 0 Å². The molecule has 1 saturated heterocycles. The second-order valence-electron chi connectivity index (χ2n) is 5.21. The van der Waals surface area contributed by atoms with Gasteiger partial charge in [0.25, 0.3) is 0 Å². The van der Waals surface area contributed by atoms with Crippen LogP contribution in [0, 0.1) is 11.8 Å². The zero-order chi connectivity index (χ0) is 14.3. The number of amides is 2. The SMILES string of the molecule is COCCNC(=O)C(C)NC(=O)C1CNCC(C)C1. The molecule has 1 fully saturated rings. The van der Waals surface area contributed by atoms with E-state index in [4.69, 9.17) is 4.74 Å². The molecule has 2 amide bonds. The van der Waals surface area contributed by atoms with Crippen molar-refractivity contribution in [2.75, 3.05) is 33.4 Å². The zero-order valence-corrected chi connectivity index (χ0v) is 12.0. The fraction of sp³-hybridized carbons (Fsp3) is 0.846. The third-order valence-corrected chi connectivity index (χ3v) is 3.30. The van der Waals surface area contributed by atoms with Gasteiger partial charge in [-0.25, -0.2) is 0 Å². The highest BCUT2D eigenvalue weighted by molar-refractivity contribution is 5.88. The van der Waals surface area contributed by atoms with Crippen LogP contribution < -0.4 is 16.0 Å². The third-order valence-electron chi connectivity index (χ3n) is 3.30. The molecule has 0 aromatic carbocycles. The Kier molecular flexibility index (Phi) is 6.80. The van der Waals surface area contributed by atoms with E-state index in [1.165, 1.54) is 0 Å². The summed E-state index contributed by atoms with van der Waals surface area (Å²) in [6, 6.07) is -0.512. The Morgan fingerprint density at radius 3 is 2.79 bits per heavy atom. The van der Waals surface area contributed by atoms with Crippen LogP contribution in [-0.4, -0.2) is 51.2 Å². The van der Waals surface area contributed by atoms with Crippen molar-refractivity contribution in [3.8, 4) is 0 Å². The minimum Gasteiger partial charge on any atom is -0.383 e. The van der Waals surface area contributed by atoms with Crippen LogP contribution in [-0.2, 0) is 14.3 Å².